The molecule has 3 N–H and O–H groups in total. The highest BCUT2D eigenvalue weighted by Gasteiger charge is 2.17. The molecule has 6 heteroatoms. The Balaban J connectivity index is 2.49. The number of rotatable bonds is 3. The first kappa shape index (κ1) is 13.2. The summed E-state index contributed by atoms with van der Waals surface area (Å²) in [7, 11) is 0. The zero-order chi connectivity index (χ0) is 14.0. The van der Waals surface area contributed by atoms with Crippen molar-refractivity contribution in [1.82, 2.24) is 0 Å². The zero-order valence-corrected chi connectivity index (χ0v) is 10.3. The largest absolute Gasteiger partial charge is 0.478 e. The summed E-state index contributed by atoms with van der Waals surface area (Å²) in [5.41, 5.74) is 5.59. The molecule has 0 aromatic heterocycles. The number of carbonyl (C=O) groups is 1. The summed E-state index contributed by atoms with van der Waals surface area (Å²) in [4.78, 5) is 11.1. The Morgan fingerprint density at radius 3 is 2.63 bits per heavy atom. The lowest BCUT2D eigenvalue weighted by Crippen LogP contribution is -2.03. The number of ether oxygens (including phenoxy) is 1. The molecule has 0 bridgehead atoms. The second-order valence-corrected chi connectivity index (χ2v) is 4.09. The SMILES string of the molecule is Nc1cccc(C(=O)O)c1Oc1cccc(Cl)c1F. The third kappa shape index (κ3) is 2.61. The summed E-state index contributed by atoms with van der Waals surface area (Å²) in [5.74, 6) is -2.29. The van der Waals surface area contributed by atoms with Crippen molar-refractivity contribution in [3.05, 3.63) is 52.8 Å². The number of carboxylic acids is 1. The van der Waals surface area contributed by atoms with Crippen LogP contribution in [0.4, 0.5) is 10.1 Å². The highest BCUT2D eigenvalue weighted by atomic mass is 35.5. The molecule has 2 rings (SSSR count). The second-order valence-electron chi connectivity index (χ2n) is 3.68. The lowest BCUT2D eigenvalue weighted by Gasteiger charge is -2.12. The fourth-order valence-electron chi connectivity index (χ4n) is 1.51. The van der Waals surface area contributed by atoms with E-state index in [0.29, 0.717) is 0 Å². The molecule has 0 amide bonds. The normalized spacial score (nSPS) is 10.2. The van der Waals surface area contributed by atoms with Crippen molar-refractivity contribution < 1.29 is 19.0 Å². The van der Waals surface area contributed by atoms with Gasteiger partial charge >= 0.3 is 5.97 Å². The number of hydrogen-bond donors (Lipinski definition) is 2. The van der Waals surface area contributed by atoms with Crippen LogP contribution < -0.4 is 10.5 Å². The van der Waals surface area contributed by atoms with Crippen LogP contribution >= 0.6 is 11.6 Å². The minimum atomic E-state index is -1.22. The highest BCUT2D eigenvalue weighted by Crippen LogP contribution is 2.34. The minimum Gasteiger partial charge on any atom is -0.478 e. The summed E-state index contributed by atoms with van der Waals surface area (Å²) in [6.07, 6.45) is 0. The molecule has 0 unspecified atom stereocenters. The standard InChI is InChI=1S/C13H9ClFNO3/c14-8-4-2-6-10(11(8)15)19-12-7(13(17)18)3-1-5-9(12)16/h1-6H,16H2,(H,17,18). The quantitative estimate of drug-likeness (QED) is 0.844. The maximum absolute atomic E-state index is 13.7. The van der Waals surface area contributed by atoms with E-state index in [1.807, 2.05) is 0 Å². The van der Waals surface area contributed by atoms with Crippen molar-refractivity contribution in [3.8, 4) is 11.5 Å². The Labute approximate surface area is 113 Å². The number of anilines is 1. The molecule has 0 aliphatic carbocycles. The van der Waals surface area contributed by atoms with Crippen LogP contribution in [0.5, 0.6) is 11.5 Å². The number of nitrogen functional groups attached to an aromatic ring is 1. The van der Waals surface area contributed by atoms with E-state index in [0.717, 1.165) is 0 Å². The molecule has 0 fully saturated rings. The highest BCUT2D eigenvalue weighted by molar-refractivity contribution is 6.30. The van der Waals surface area contributed by atoms with Crippen molar-refractivity contribution in [2.45, 2.75) is 0 Å². The van der Waals surface area contributed by atoms with Crippen LogP contribution in [0.25, 0.3) is 0 Å². The first-order valence-electron chi connectivity index (χ1n) is 5.24. The Morgan fingerprint density at radius 2 is 1.95 bits per heavy atom. The van der Waals surface area contributed by atoms with Crippen molar-refractivity contribution >= 4 is 23.3 Å². The summed E-state index contributed by atoms with van der Waals surface area (Å²) >= 11 is 5.62. The number of aromatic carboxylic acids is 1. The van der Waals surface area contributed by atoms with Gasteiger partial charge in [0.05, 0.1) is 10.7 Å². The van der Waals surface area contributed by atoms with Crippen molar-refractivity contribution in [1.29, 1.82) is 0 Å². The van der Waals surface area contributed by atoms with E-state index in [9.17, 15) is 9.18 Å². The van der Waals surface area contributed by atoms with Gasteiger partial charge in [-0.1, -0.05) is 23.7 Å². The number of halogens is 2. The predicted molar refractivity (Wildman–Crippen MR) is 69.3 cm³/mol. The van der Waals surface area contributed by atoms with Crippen LogP contribution in [-0.4, -0.2) is 11.1 Å². The number of benzene rings is 2. The van der Waals surface area contributed by atoms with E-state index in [2.05, 4.69) is 0 Å². The third-order valence-corrected chi connectivity index (χ3v) is 2.70. The van der Waals surface area contributed by atoms with E-state index in [4.69, 9.17) is 27.2 Å². The minimum absolute atomic E-state index is 0.0966. The van der Waals surface area contributed by atoms with Gasteiger partial charge in [-0.05, 0) is 24.3 Å². The number of para-hydroxylation sites is 1. The molecule has 0 aliphatic heterocycles. The van der Waals surface area contributed by atoms with Gasteiger partial charge in [0.2, 0.25) is 0 Å². The van der Waals surface area contributed by atoms with Crippen LogP contribution in [0.1, 0.15) is 10.4 Å². The first-order valence-corrected chi connectivity index (χ1v) is 5.62. The molecule has 0 saturated carbocycles. The lowest BCUT2D eigenvalue weighted by atomic mass is 10.1. The van der Waals surface area contributed by atoms with E-state index < -0.39 is 11.8 Å². The summed E-state index contributed by atoms with van der Waals surface area (Å²) in [6, 6.07) is 8.43. The monoisotopic (exact) mass is 281 g/mol. The van der Waals surface area contributed by atoms with Crippen LogP contribution in [-0.2, 0) is 0 Å². The van der Waals surface area contributed by atoms with Gasteiger partial charge in [-0.2, -0.15) is 0 Å². The number of nitrogens with two attached hydrogens (primary N) is 1. The Morgan fingerprint density at radius 1 is 1.26 bits per heavy atom. The van der Waals surface area contributed by atoms with Crippen molar-refractivity contribution in [2.75, 3.05) is 5.73 Å². The average Bonchev–Trinajstić information content (AvgIpc) is 2.36. The van der Waals surface area contributed by atoms with Gasteiger partial charge in [-0.3, -0.25) is 0 Å². The average molecular weight is 282 g/mol. The molecular formula is C13H9ClFNO3. The first-order chi connectivity index (χ1) is 9.00. The van der Waals surface area contributed by atoms with Crippen LogP contribution in [0.2, 0.25) is 5.02 Å². The molecule has 0 saturated heterocycles. The van der Waals surface area contributed by atoms with Gasteiger partial charge in [0.25, 0.3) is 0 Å². The van der Waals surface area contributed by atoms with Crippen LogP contribution in [0.3, 0.4) is 0 Å². The van der Waals surface area contributed by atoms with Gasteiger partial charge < -0.3 is 15.6 Å². The molecule has 0 heterocycles. The molecule has 0 aliphatic rings. The van der Waals surface area contributed by atoms with E-state index in [1.165, 1.54) is 36.4 Å². The fourth-order valence-corrected chi connectivity index (χ4v) is 1.68. The maximum atomic E-state index is 13.7. The molecule has 2 aromatic rings. The third-order valence-electron chi connectivity index (χ3n) is 2.40. The van der Waals surface area contributed by atoms with Gasteiger partial charge in [-0.25, -0.2) is 9.18 Å². The molecule has 19 heavy (non-hydrogen) atoms. The predicted octanol–water partition coefficient (Wildman–Crippen LogP) is 3.55. The van der Waals surface area contributed by atoms with Crippen molar-refractivity contribution in [3.63, 3.8) is 0 Å². The van der Waals surface area contributed by atoms with E-state index in [1.54, 1.807) is 0 Å². The van der Waals surface area contributed by atoms with E-state index >= 15 is 0 Å². The molecule has 0 spiro atoms. The smallest absolute Gasteiger partial charge is 0.339 e. The van der Waals surface area contributed by atoms with Gasteiger partial charge in [0.1, 0.15) is 5.56 Å². The zero-order valence-electron chi connectivity index (χ0n) is 9.56. The fraction of sp³-hybridized carbons (Fsp3) is 0. The van der Waals surface area contributed by atoms with Crippen LogP contribution in [0.15, 0.2) is 36.4 Å². The van der Waals surface area contributed by atoms with Gasteiger partial charge in [0.15, 0.2) is 17.3 Å². The number of carboxylic acid groups (broad SMARTS) is 1. The van der Waals surface area contributed by atoms with Crippen molar-refractivity contribution in [2.24, 2.45) is 0 Å². The molecular weight excluding hydrogens is 273 g/mol. The Hall–Kier alpha value is -2.27. The Kier molecular flexibility index (Phi) is 3.57. The maximum Gasteiger partial charge on any atom is 0.339 e. The van der Waals surface area contributed by atoms with Gasteiger partial charge in [-0.15, -0.1) is 0 Å². The number of hydrogen-bond acceptors (Lipinski definition) is 3. The molecule has 98 valence electrons. The molecule has 2 aromatic carbocycles. The van der Waals surface area contributed by atoms with Gasteiger partial charge in [0, 0.05) is 0 Å². The molecule has 4 nitrogen and oxygen atoms in total. The topological polar surface area (TPSA) is 72.6 Å². The molecule has 0 atom stereocenters. The summed E-state index contributed by atoms with van der Waals surface area (Å²) in [6.45, 7) is 0. The molecule has 0 radical (unpaired) electrons. The summed E-state index contributed by atoms with van der Waals surface area (Å²) in [5, 5.41) is 8.92. The van der Waals surface area contributed by atoms with E-state index in [-0.39, 0.29) is 27.8 Å². The lowest BCUT2D eigenvalue weighted by molar-refractivity contribution is 0.0694. The Bertz CT molecular complexity index is 646. The second kappa shape index (κ2) is 5.16. The van der Waals surface area contributed by atoms with Crippen LogP contribution in [0, 0.1) is 5.82 Å². The summed E-state index contributed by atoms with van der Waals surface area (Å²) < 4.78 is 19.0.